The van der Waals surface area contributed by atoms with Gasteiger partial charge in [0.2, 0.25) is 0 Å². The van der Waals surface area contributed by atoms with Gasteiger partial charge >= 0.3 is 0 Å². The predicted molar refractivity (Wildman–Crippen MR) is 75.5 cm³/mol. The van der Waals surface area contributed by atoms with Crippen LogP contribution in [0.4, 0.5) is 10.1 Å². The van der Waals surface area contributed by atoms with Crippen LogP contribution in [0.15, 0.2) is 42.7 Å². The van der Waals surface area contributed by atoms with Crippen LogP contribution in [0.2, 0.25) is 5.02 Å². The fraction of sp³-hybridized carbons (Fsp3) is 0. The van der Waals surface area contributed by atoms with Crippen LogP contribution in [0.3, 0.4) is 0 Å². The molecular formula is C14H9ClFN3O. The SMILES string of the molecule is O=C(Nc1ccc(F)c(Cl)c1)c1cccc2[nH]cnc12. The van der Waals surface area contributed by atoms with Gasteiger partial charge in [0, 0.05) is 5.69 Å². The number of nitrogens with one attached hydrogen (secondary N) is 2. The van der Waals surface area contributed by atoms with Crippen LogP contribution in [0.1, 0.15) is 10.4 Å². The third-order valence-corrected chi connectivity index (χ3v) is 3.16. The van der Waals surface area contributed by atoms with Crippen molar-refractivity contribution in [1.29, 1.82) is 0 Å². The Balaban J connectivity index is 1.93. The highest BCUT2D eigenvalue weighted by Crippen LogP contribution is 2.21. The van der Waals surface area contributed by atoms with Crippen molar-refractivity contribution in [2.75, 3.05) is 5.32 Å². The number of para-hydroxylation sites is 1. The fourth-order valence-electron chi connectivity index (χ4n) is 1.92. The molecule has 100 valence electrons. The minimum Gasteiger partial charge on any atom is -0.345 e. The van der Waals surface area contributed by atoms with Crippen molar-refractivity contribution in [2.24, 2.45) is 0 Å². The van der Waals surface area contributed by atoms with Crippen LogP contribution in [0.5, 0.6) is 0 Å². The summed E-state index contributed by atoms with van der Waals surface area (Å²) in [6.07, 6.45) is 1.52. The van der Waals surface area contributed by atoms with E-state index >= 15 is 0 Å². The Bertz CT molecular complexity index is 800. The molecule has 0 radical (unpaired) electrons. The summed E-state index contributed by atoms with van der Waals surface area (Å²) in [5.41, 5.74) is 2.21. The lowest BCUT2D eigenvalue weighted by molar-refractivity contribution is 0.102. The number of aromatic nitrogens is 2. The normalized spacial score (nSPS) is 10.7. The van der Waals surface area contributed by atoms with E-state index < -0.39 is 5.82 Å². The molecule has 0 aliphatic heterocycles. The van der Waals surface area contributed by atoms with Crippen LogP contribution in [-0.4, -0.2) is 15.9 Å². The van der Waals surface area contributed by atoms with Crippen LogP contribution < -0.4 is 5.32 Å². The maximum atomic E-state index is 13.1. The molecule has 20 heavy (non-hydrogen) atoms. The predicted octanol–water partition coefficient (Wildman–Crippen LogP) is 3.61. The van der Waals surface area contributed by atoms with Gasteiger partial charge in [-0.1, -0.05) is 17.7 Å². The molecule has 0 bridgehead atoms. The molecule has 2 aromatic carbocycles. The van der Waals surface area contributed by atoms with E-state index in [4.69, 9.17) is 11.6 Å². The van der Waals surface area contributed by atoms with Crippen molar-refractivity contribution in [1.82, 2.24) is 9.97 Å². The smallest absolute Gasteiger partial charge is 0.257 e. The molecule has 0 aliphatic rings. The summed E-state index contributed by atoms with van der Waals surface area (Å²) in [5, 5.41) is 2.62. The second kappa shape index (κ2) is 4.94. The summed E-state index contributed by atoms with van der Waals surface area (Å²) >= 11 is 5.68. The Morgan fingerprint density at radius 2 is 2.15 bits per heavy atom. The standard InChI is InChI=1S/C14H9ClFN3O/c15-10-6-8(4-5-11(10)16)19-14(20)9-2-1-3-12-13(9)18-7-17-12/h1-7H,(H,17,18)(H,19,20). The van der Waals surface area contributed by atoms with Crippen molar-refractivity contribution < 1.29 is 9.18 Å². The number of rotatable bonds is 2. The molecule has 0 aliphatic carbocycles. The highest BCUT2D eigenvalue weighted by atomic mass is 35.5. The van der Waals surface area contributed by atoms with Crippen LogP contribution >= 0.6 is 11.6 Å². The number of H-pyrrole nitrogens is 1. The van der Waals surface area contributed by atoms with E-state index in [2.05, 4.69) is 15.3 Å². The summed E-state index contributed by atoms with van der Waals surface area (Å²) in [7, 11) is 0. The molecule has 1 heterocycles. The largest absolute Gasteiger partial charge is 0.345 e. The number of carbonyl (C=O) groups is 1. The van der Waals surface area contributed by atoms with Gasteiger partial charge in [0.05, 0.1) is 22.4 Å². The van der Waals surface area contributed by atoms with Gasteiger partial charge in [-0.3, -0.25) is 4.79 Å². The van der Waals surface area contributed by atoms with Crippen molar-refractivity contribution >= 4 is 34.2 Å². The van der Waals surface area contributed by atoms with Gasteiger partial charge in [0.25, 0.3) is 5.91 Å². The number of aromatic amines is 1. The summed E-state index contributed by atoms with van der Waals surface area (Å²) in [5.74, 6) is -0.857. The zero-order chi connectivity index (χ0) is 14.1. The number of anilines is 1. The Labute approximate surface area is 118 Å². The number of amides is 1. The van der Waals surface area contributed by atoms with Gasteiger partial charge in [-0.05, 0) is 30.3 Å². The minimum absolute atomic E-state index is 0.0409. The van der Waals surface area contributed by atoms with E-state index in [0.717, 1.165) is 5.52 Å². The summed E-state index contributed by atoms with van der Waals surface area (Å²) < 4.78 is 13.1. The average molecular weight is 290 g/mol. The average Bonchev–Trinajstić information content (AvgIpc) is 2.91. The molecule has 0 unspecified atom stereocenters. The van der Waals surface area contributed by atoms with E-state index in [9.17, 15) is 9.18 Å². The molecule has 0 spiro atoms. The monoisotopic (exact) mass is 289 g/mol. The highest BCUT2D eigenvalue weighted by Gasteiger charge is 2.12. The van der Waals surface area contributed by atoms with Gasteiger partial charge in [0.15, 0.2) is 0 Å². The number of fused-ring (bicyclic) bond motifs is 1. The van der Waals surface area contributed by atoms with Gasteiger partial charge in [-0.15, -0.1) is 0 Å². The Morgan fingerprint density at radius 3 is 2.95 bits per heavy atom. The number of imidazole rings is 1. The fourth-order valence-corrected chi connectivity index (χ4v) is 2.10. The molecule has 2 N–H and O–H groups in total. The van der Waals surface area contributed by atoms with Crippen molar-refractivity contribution in [3.8, 4) is 0 Å². The van der Waals surface area contributed by atoms with Gasteiger partial charge in [-0.25, -0.2) is 9.37 Å². The number of hydrogen-bond donors (Lipinski definition) is 2. The Kier molecular flexibility index (Phi) is 3.12. The van der Waals surface area contributed by atoms with Crippen LogP contribution in [0, 0.1) is 5.82 Å². The molecule has 6 heteroatoms. The van der Waals surface area contributed by atoms with Gasteiger partial charge in [-0.2, -0.15) is 0 Å². The maximum Gasteiger partial charge on any atom is 0.257 e. The third kappa shape index (κ3) is 2.23. The van der Waals surface area contributed by atoms with Crippen molar-refractivity contribution in [3.63, 3.8) is 0 Å². The topological polar surface area (TPSA) is 57.8 Å². The van der Waals surface area contributed by atoms with Crippen LogP contribution in [-0.2, 0) is 0 Å². The number of halogens is 2. The Morgan fingerprint density at radius 1 is 1.30 bits per heavy atom. The van der Waals surface area contributed by atoms with Gasteiger partial charge in [0.1, 0.15) is 11.3 Å². The Hall–Kier alpha value is -2.40. The minimum atomic E-state index is -0.529. The first-order valence-corrected chi connectivity index (χ1v) is 6.21. The first-order chi connectivity index (χ1) is 9.65. The summed E-state index contributed by atoms with van der Waals surface area (Å²) in [6.45, 7) is 0. The van der Waals surface area contributed by atoms with Crippen molar-refractivity contribution in [2.45, 2.75) is 0 Å². The lowest BCUT2D eigenvalue weighted by Crippen LogP contribution is -2.12. The molecule has 1 aromatic heterocycles. The lowest BCUT2D eigenvalue weighted by atomic mass is 10.1. The van der Waals surface area contributed by atoms with Crippen LogP contribution in [0.25, 0.3) is 11.0 Å². The first-order valence-electron chi connectivity index (χ1n) is 5.83. The molecule has 0 fully saturated rings. The third-order valence-electron chi connectivity index (χ3n) is 2.87. The molecule has 0 saturated heterocycles. The summed E-state index contributed by atoms with van der Waals surface area (Å²) in [6, 6.07) is 9.26. The lowest BCUT2D eigenvalue weighted by Gasteiger charge is -2.06. The molecule has 1 amide bonds. The van der Waals surface area contributed by atoms with E-state index in [-0.39, 0.29) is 10.9 Å². The zero-order valence-electron chi connectivity index (χ0n) is 10.2. The molecule has 3 rings (SSSR count). The zero-order valence-corrected chi connectivity index (χ0v) is 10.9. The van der Waals surface area contributed by atoms with E-state index in [1.165, 1.54) is 24.5 Å². The second-order valence-electron chi connectivity index (χ2n) is 4.19. The van der Waals surface area contributed by atoms with Crippen molar-refractivity contribution in [3.05, 3.63) is 59.1 Å². The summed E-state index contributed by atoms with van der Waals surface area (Å²) in [4.78, 5) is 19.3. The van der Waals surface area contributed by atoms with E-state index in [1.54, 1.807) is 12.1 Å². The number of benzene rings is 2. The van der Waals surface area contributed by atoms with Gasteiger partial charge < -0.3 is 10.3 Å². The molecule has 3 aromatic rings. The highest BCUT2D eigenvalue weighted by molar-refractivity contribution is 6.31. The van der Waals surface area contributed by atoms with E-state index in [1.807, 2.05) is 6.07 Å². The molecule has 0 saturated carbocycles. The van der Waals surface area contributed by atoms with E-state index in [0.29, 0.717) is 16.8 Å². The number of nitrogens with zero attached hydrogens (tertiary/aromatic N) is 1. The number of carbonyl (C=O) groups excluding carboxylic acids is 1. The first kappa shape index (κ1) is 12.6. The quantitative estimate of drug-likeness (QED) is 0.757. The maximum absolute atomic E-state index is 13.1. The second-order valence-corrected chi connectivity index (χ2v) is 4.59. The molecular weight excluding hydrogens is 281 g/mol. The molecule has 0 atom stereocenters. The molecule has 4 nitrogen and oxygen atoms in total. The number of hydrogen-bond acceptors (Lipinski definition) is 2.